The topological polar surface area (TPSA) is 30.5 Å². The Labute approximate surface area is 119 Å². The van der Waals surface area contributed by atoms with E-state index in [0.29, 0.717) is 26.2 Å². The fraction of sp³-hybridized carbons (Fsp3) is 1.00. The van der Waals surface area contributed by atoms with Gasteiger partial charge in [0.2, 0.25) is 0 Å². The monoisotopic (exact) mass is 297 g/mol. The van der Waals surface area contributed by atoms with Crippen LogP contribution in [0.3, 0.4) is 0 Å². The fourth-order valence-electron chi connectivity index (χ4n) is 2.90. The van der Waals surface area contributed by atoms with E-state index in [1.807, 2.05) is 13.8 Å². The maximum atomic E-state index is 12.3. The van der Waals surface area contributed by atoms with Crippen molar-refractivity contribution in [1.29, 1.82) is 0 Å². The van der Waals surface area contributed by atoms with Gasteiger partial charge < -0.3 is 14.8 Å². The van der Waals surface area contributed by atoms with Gasteiger partial charge in [-0.05, 0) is 26.3 Å². The van der Waals surface area contributed by atoms with Crippen molar-refractivity contribution in [3.05, 3.63) is 0 Å². The molecule has 1 fully saturated rings. The lowest BCUT2D eigenvalue weighted by Crippen LogP contribution is -2.55. The molecule has 120 valence electrons. The Balaban J connectivity index is 2.64. The number of hydrogen-bond acceptors (Lipinski definition) is 3. The minimum Gasteiger partial charge on any atom is -0.381 e. The Morgan fingerprint density at radius 3 is 2.40 bits per heavy atom. The highest BCUT2D eigenvalue weighted by Crippen LogP contribution is 2.32. The zero-order valence-corrected chi connectivity index (χ0v) is 12.4. The minimum absolute atomic E-state index is 0.0429. The van der Waals surface area contributed by atoms with Crippen LogP contribution in [0.2, 0.25) is 0 Å². The van der Waals surface area contributed by atoms with E-state index in [4.69, 9.17) is 9.47 Å². The number of hydrogen-bond donors (Lipinski definition) is 1. The second-order valence-electron chi connectivity index (χ2n) is 5.23. The van der Waals surface area contributed by atoms with Crippen LogP contribution in [0, 0.1) is 0 Å². The molecule has 0 aliphatic carbocycles. The minimum atomic E-state index is -4.08. The summed E-state index contributed by atoms with van der Waals surface area (Å²) in [7, 11) is 0. The third-order valence-electron chi connectivity index (χ3n) is 3.81. The molecule has 1 atom stereocenters. The number of alkyl halides is 3. The van der Waals surface area contributed by atoms with E-state index in [0.717, 1.165) is 19.4 Å². The van der Waals surface area contributed by atoms with E-state index in [9.17, 15) is 13.2 Å². The van der Waals surface area contributed by atoms with Gasteiger partial charge in [0.15, 0.2) is 0 Å². The van der Waals surface area contributed by atoms with Crippen LogP contribution in [0.25, 0.3) is 0 Å². The van der Waals surface area contributed by atoms with Gasteiger partial charge in [-0.2, -0.15) is 13.2 Å². The van der Waals surface area contributed by atoms with Gasteiger partial charge in [0.25, 0.3) is 0 Å². The van der Waals surface area contributed by atoms with E-state index in [2.05, 4.69) is 5.32 Å². The van der Waals surface area contributed by atoms with Crippen molar-refractivity contribution in [2.24, 2.45) is 0 Å². The normalized spacial score (nSPS) is 20.9. The average Bonchev–Trinajstić information content (AvgIpc) is 2.38. The summed E-state index contributed by atoms with van der Waals surface area (Å²) in [5.74, 6) is 0. The van der Waals surface area contributed by atoms with Gasteiger partial charge in [0, 0.05) is 45.1 Å². The summed E-state index contributed by atoms with van der Waals surface area (Å²) in [5.41, 5.74) is -0.380. The Morgan fingerprint density at radius 1 is 1.25 bits per heavy atom. The van der Waals surface area contributed by atoms with Crippen molar-refractivity contribution in [3.63, 3.8) is 0 Å². The predicted octanol–water partition coefficient (Wildman–Crippen LogP) is 3.28. The molecule has 0 aromatic rings. The SMILES string of the molecule is CCNC(CCCC(F)(F)F)C1(OCC)CCOCC1. The Bertz CT molecular complexity index is 260. The highest BCUT2D eigenvalue weighted by atomic mass is 19.4. The van der Waals surface area contributed by atoms with Gasteiger partial charge in [-0.15, -0.1) is 0 Å². The number of rotatable bonds is 8. The van der Waals surface area contributed by atoms with Crippen LogP contribution in [-0.4, -0.2) is 44.2 Å². The Kier molecular flexibility index (Phi) is 7.26. The van der Waals surface area contributed by atoms with Gasteiger partial charge in [-0.25, -0.2) is 0 Å². The lowest BCUT2D eigenvalue weighted by Gasteiger charge is -2.43. The first kappa shape index (κ1) is 17.7. The fourth-order valence-corrected chi connectivity index (χ4v) is 2.90. The third kappa shape index (κ3) is 5.58. The number of likely N-dealkylation sites (N-methyl/N-ethyl adjacent to an activating group) is 1. The summed E-state index contributed by atoms with van der Waals surface area (Å²) in [4.78, 5) is 0. The van der Waals surface area contributed by atoms with Gasteiger partial charge in [0.05, 0.1) is 5.60 Å². The van der Waals surface area contributed by atoms with Crippen LogP contribution in [0.15, 0.2) is 0 Å². The highest BCUT2D eigenvalue weighted by molar-refractivity contribution is 4.95. The van der Waals surface area contributed by atoms with E-state index < -0.39 is 12.6 Å². The standard InChI is InChI=1S/C14H26F3NO2/c1-3-18-12(6-5-7-14(15,16)17)13(20-4-2)8-10-19-11-9-13/h12,18H,3-11H2,1-2H3. The van der Waals surface area contributed by atoms with Gasteiger partial charge in [-0.1, -0.05) is 6.92 Å². The zero-order valence-electron chi connectivity index (χ0n) is 12.4. The smallest absolute Gasteiger partial charge is 0.381 e. The molecule has 3 nitrogen and oxygen atoms in total. The molecule has 0 aromatic carbocycles. The summed E-state index contributed by atoms with van der Waals surface area (Å²) < 4.78 is 48.2. The first-order valence-electron chi connectivity index (χ1n) is 7.45. The molecule has 0 saturated carbocycles. The van der Waals surface area contributed by atoms with Crippen LogP contribution in [0.5, 0.6) is 0 Å². The lowest BCUT2D eigenvalue weighted by atomic mass is 9.83. The van der Waals surface area contributed by atoms with Crippen molar-refractivity contribution in [2.45, 2.75) is 63.8 Å². The van der Waals surface area contributed by atoms with Crippen molar-refractivity contribution >= 4 is 0 Å². The molecule has 1 aliphatic rings. The van der Waals surface area contributed by atoms with Crippen LogP contribution in [0.1, 0.15) is 46.0 Å². The van der Waals surface area contributed by atoms with Crippen LogP contribution in [0.4, 0.5) is 13.2 Å². The van der Waals surface area contributed by atoms with Crippen molar-refractivity contribution in [3.8, 4) is 0 Å². The third-order valence-corrected chi connectivity index (χ3v) is 3.81. The van der Waals surface area contributed by atoms with Crippen molar-refractivity contribution < 1.29 is 22.6 Å². The van der Waals surface area contributed by atoms with Crippen molar-refractivity contribution in [1.82, 2.24) is 5.32 Å². The quantitative estimate of drug-likeness (QED) is 0.746. The molecule has 20 heavy (non-hydrogen) atoms. The molecule has 1 N–H and O–H groups in total. The Morgan fingerprint density at radius 2 is 1.90 bits per heavy atom. The molecule has 1 rings (SSSR count). The van der Waals surface area contributed by atoms with Crippen LogP contribution >= 0.6 is 0 Å². The predicted molar refractivity (Wildman–Crippen MR) is 71.8 cm³/mol. The Hall–Kier alpha value is -0.330. The first-order valence-corrected chi connectivity index (χ1v) is 7.45. The molecular formula is C14H26F3NO2. The molecule has 1 heterocycles. The van der Waals surface area contributed by atoms with E-state index in [1.165, 1.54) is 0 Å². The summed E-state index contributed by atoms with van der Waals surface area (Å²) in [6.45, 7) is 6.42. The number of nitrogens with one attached hydrogen (secondary N) is 1. The maximum absolute atomic E-state index is 12.3. The van der Waals surface area contributed by atoms with Gasteiger partial charge in [0.1, 0.15) is 0 Å². The number of halogens is 3. The summed E-state index contributed by atoms with van der Waals surface area (Å²) >= 11 is 0. The average molecular weight is 297 g/mol. The first-order chi connectivity index (χ1) is 9.43. The highest BCUT2D eigenvalue weighted by Gasteiger charge is 2.41. The molecule has 0 radical (unpaired) electrons. The van der Waals surface area contributed by atoms with E-state index in [-0.39, 0.29) is 18.1 Å². The molecular weight excluding hydrogens is 271 g/mol. The van der Waals surface area contributed by atoms with Gasteiger partial charge >= 0.3 is 6.18 Å². The molecule has 6 heteroatoms. The molecule has 0 spiro atoms. The largest absolute Gasteiger partial charge is 0.389 e. The molecule has 0 bridgehead atoms. The van der Waals surface area contributed by atoms with Gasteiger partial charge in [-0.3, -0.25) is 0 Å². The summed E-state index contributed by atoms with van der Waals surface area (Å²) in [6, 6.07) is -0.0429. The van der Waals surface area contributed by atoms with Crippen LogP contribution in [-0.2, 0) is 9.47 Å². The van der Waals surface area contributed by atoms with E-state index >= 15 is 0 Å². The number of ether oxygens (including phenoxy) is 2. The van der Waals surface area contributed by atoms with Crippen molar-refractivity contribution in [2.75, 3.05) is 26.4 Å². The molecule has 0 amide bonds. The lowest BCUT2D eigenvalue weighted by molar-refractivity contribution is -0.143. The maximum Gasteiger partial charge on any atom is 0.389 e. The molecule has 1 unspecified atom stereocenters. The van der Waals surface area contributed by atoms with Crippen LogP contribution < -0.4 is 5.32 Å². The summed E-state index contributed by atoms with van der Waals surface area (Å²) in [5, 5.41) is 3.32. The molecule has 1 aliphatic heterocycles. The molecule has 0 aromatic heterocycles. The second-order valence-corrected chi connectivity index (χ2v) is 5.23. The second kappa shape index (κ2) is 8.20. The van der Waals surface area contributed by atoms with E-state index in [1.54, 1.807) is 0 Å². The zero-order chi connectivity index (χ0) is 15.1. The summed E-state index contributed by atoms with van der Waals surface area (Å²) in [6.07, 6.45) is -2.71. The molecule has 1 saturated heterocycles.